The number of benzene rings is 2. The Balaban J connectivity index is 1.90. The van der Waals surface area contributed by atoms with Crippen molar-refractivity contribution in [2.45, 2.75) is 13.3 Å². The first-order chi connectivity index (χ1) is 11.9. The highest BCUT2D eigenvalue weighted by Crippen LogP contribution is 2.32. The summed E-state index contributed by atoms with van der Waals surface area (Å²) < 4.78 is 0. The maximum Gasteiger partial charge on any atom is 0.243 e. The number of anilines is 3. The van der Waals surface area contributed by atoms with Crippen LogP contribution < -0.4 is 16.0 Å². The molecule has 8 heteroatoms. The minimum absolute atomic E-state index is 0.00596. The molecule has 0 aliphatic rings. The molecule has 2 amide bonds. The van der Waals surface area contributed by atoms with E-state index in [1.165, 1.54) is 6.07 Å². The van der Waals surface area contributed by atoms with Crippen LogP contribution in [0.1, 0.15) is 13.3 Å². The summed E-state index contributed by atoms with van der Waals surface area (Å²) in [5.41, 5.74) is 1.80. The van der Waals surface area contributed by atoms with Gasteiger partial charge in [0.15, 0.2) is 0 Å². The molecule has 0 aliphatic carbocycles. The van der Waals surface area contributed by atoms with Gasteiger partial charge in [-0.25, -0.2) is 0 Å². The van der Waals surface area contributed by atoms with E-state index in [0.29, 0.717) is 38.6 Å². The highest BCUT2D eigenvalue weighted by Gasteiger charge is 2.08. The molecule has 0 spiro atoms. The van der Waals surface area contributed by atoms with Crippen molar-refractivity contribution in [1.29, 1.82) is 0 Å². The zero-order chi connectivity index (χ0) is 18.4. The van der Waals surface area contributed by atoms with Crippen LogP contribution in [0.15, 0.2) is 36.4 Å². The summed E-state index contributed by atoms with van der Waals surface area (Å²) in [6, 6.07) is 9.91. The number of rotatable bonds is 6. The van der Waals surface area contributed by atoms with E-state index in [4.69, 9.17) is 34.8 Å². The predicted molar refractivity (Wildman–Crippen MR) is 104 cm³/mol. The van der Waals surface area contributed by atoms with Crippen LogP contribution >= 0.6 is 34.8 Å². The number of halogens is 3. The summed E-state index contributed by atoms with van der Waals surface area (Å²) in [6.45, 7) is 1.78. The van der Waals surface area contributed by atoms with Gasteiger partial charge in [0.1, 0.15) is 0 Å². The molecule has 0 radical (unpaired) electrons. The van der Waals surface area contributed by atoms with Crippen LogP contribution in [0.2, 0.25) is 15.1 Å². The first kappa shape index (κ1) is 19.4. The van der Waals surface area contributed by atoms with Crippen LogP contribution in [0.5, 0.6) is 0 Å². The lowest BCUT2D eigenvalue weighted by Gasteiger charge is -2.11. The fraction of sp³-hybridized carbons (Fsp3) is 0.176. The quantitative estimate of drug-likeness (QED) is 0.595. The topological polar surface area (TPSA) is 70.2 Å². The Bertz CT molecular complexity index is 779. The third kappa shape index (κ3) is 5.81. The SMILES string of the molecule is CCC(=O)Nc1ccc(NC(=O)CNc2cc(Cl)c(Cl)cc2Cl)cc1. The van der Waals surface area contributed by atoms with Crippen molar-refractivity contribution in [3.05, 3.63) is 51.5 Å². The molecule has 132 valence electrons. The van der Waals surface area contributed by atoms with Crippen molar-refractivity contribution in [3.63, 3.8) is 0 Å². The van der Waals surface area contributed by atoms with Gasteiger partial charge in [0, 0.05) is 17.8 Å². The smallest absolute Gasteiger partial charge is 0.243 e. The fourth-order valence-electron chi connectivity index (χ4n) is 1.92. The Hall–Kier alpha value is -1.95. The van der Waals surface area contributed by atoms with Crippen molar-refractivity contribution in [2.75, 3.05) is 22.5 Å². The summed E-state index contributed by atoms with van der Waals surface area (Å²) >= 11 is 17.8. The van der Waals surface area contributed by atoms with E-state index in [-0.39, 0.29) is 18.4 Å². The number of hydrogen-bond donors (Lipinski definition) is 3. The zero-order valence-electron chi connectivity index (χ0n) is 13.3. The molecule has 2 aromatic carbocycles. The normalized spacial score (nSPS) is 10.2. The highest BCUT2D eigenvalue weighted by molar-refractivity contribution is 6.44. The molecule has 25 heavy (non-hydrogen) atoms. The number of hydrogen-bond acceptors (Lipinski definition) is 3. The molecule has 0 saturated carbocycles. The van der Waals surface area contributed by atoms with Gasteiger partial charge >= 0.3 is 0 Å². The lowest BCUT2D eigenvalue weighted by molar-refractivity contribution is -0.116. The predicted octanol–water partition coefficient (Wildman–Crippen LogP) is 5.05. The van der Waals surface area contributed by atoms with E-state index in [1.807, 2.05) is 0 Å². The molecule has 0 saturated heterocycles. The summed E-state index contributed by atoms with van der Waals surface area (Å²) in [7, 11) is 0. The molecule has 0 fully saturated rings. The van der Waals surface area contributed by atoms with Gasteiger partial charge in [-0.15, -0.1) is 0 Å². The van der Waals surface area contributed by atoms with Crippen molar-refractivity contribution in [2.24, 2.45) is 0 Å². The van der Waals surface area contributed by atoms with Gasteiger partial charge in [-0.2, -0.15) is 0 Å². The van der Waals surface area contributed by atoms with Crippen LogP contribution in [0.25, 0.3) is 0 Å². The van der Waals surface area contributed by atoms with E-state index in [1.54, 1.807) is 37.3 Å². The molecule has 2 aromatic rings. The Morgan fingerprint density at radius 1 is 0.840 bits per heavy atom. The number of nitrogens with one attached hydrogen (secondary N) is 3. The highest BCUT2D eigenvalue weighted by atomic mass is 35.5. The molecule has 5 nitrogen and oxygen atoms in total. The standard InChI is InChI=1S/C17H16Cl3N3O2/c1-2-16(24)22-10-3-5-11(6-4-10)23-17(25)9-21-15-8-13(19)12(18)7-14(15)20/h3-8,21H,2,9H2,1H3,(H,22,24)(H,23,25). The minimum Gasteiger partial charge on any atom is -0.375 e. The Morgan fingerprint density at radius 3 is 1.92 bits per heavy atom. The maximum absolute atomic E-state index is 12.0. The lowest BCUT2D eigenvalue weighted by Crippen LogP contribution is -2.21. The third-order valence-electron chi connectivity index (χ3n) is 3.22. The molecule has 0 heterocycles. The van der Waals surface area contributed by atoms with Crippen LogP contribution in [-0.4, -0.2) is 18.4 Å². The van der Waals surface area contributed by atoms with E-state index in [0.717, 1.165) is 0 Å². The Labute approximate surface area is 160 Å². The van der Waals surface area contributed by atoms with Crippen molar-refractivity contribution in [1.82, 2.24) is 0 Å². The summed E-state index contributed by atoms with van der Waals surface area (Å²) in [6.07, 6.45) is 0.404. The van der Waals surface area contributed by atoms with Gasteiger partial charge in [0.25, 0.3) is 0 Å². The number of carbonyl (C=O) groups excluding carboxylic acids is 2. The van der Waals surface area contributed by atoms with E-state index in [9.17, 15) is 9.59 Å². The fourth-order valence-corrected chi connectivity index (χ4v) is 2.54. The number of carbonyl (C=O) groups is 2. The molecule has 3 N–H and O–H groups in total. The molecule has 0 bridgehead atoms. The van der Waals surface area contributed by atoms with E-state index < -0.39 is 0 Å². The van der Waals surface area contributed by atoms with Crippen molar-refractivity contribution >= 4 is 63.7 Å². The molecular weight excluding hydrogens is 385 g/mol. The second-order valence-corrected chi connectivity index (χ2v) is 6.35. The van der Waals surface area contributed by atoms with Crippen molar-refractivity contribution < 1.29 is 9.59 Å². The third-order valence-corrected chi connectivity index (χ3v) is 4.26. The summed E-state index contributed by atoms with van der Waals surface area (Å²) in [5.74, 6) is -0.327. The Kier molecular flexibility index (Phi) is 6.93. The largest absolute Gasteiger partial charge is 0.375 e. The van der Waals surface area contributed by atoms with Crippen LogP contribution in [-0.2, 0) is 9.59 Å². The van der Waals surface area contributed by atoms with E-state index in [2.05, 4.69) is 16.0 Å². The van der Waals surface area contributed by atoms with Gasteiger partial charge in [0.2, 0.25) is 11.8 Å². The van der Waals surface area contributed by atoms with Gasteiger partial charge in [-0.3, -0.25) is 9.59 Å². The monoisotopic (exact) mass is 399 g/mol. The minimum atomic E-state index is -0.257. The van der Waals surface area contributed by atoms with E-state index >= 15 is 0 Å². The number of amides is 2. The molecular formula is C17H16Cl3N3O2. The van der Waals surface area contributed by atoms with Crippen LogP contribution in [0.3, 0.4) is 0 Å². The molecule has 2 rings (SSSR count). The van der Waals surface area contributed by atoms with Gasteiger partial charge in [-0.1, -0.05) is 41.7 Å². The molecule has 0 atom stereocenters. The average Bonchev–Trinajstić information content (AvgIpc) is 2.58. The molecule has 0 aromatic heterocycles. The van der Waals surface area contributed by atoms with Crippen LogP contribution in [0, 0.1) is 0 Å². The molecule has 0 aliphatic heterocycles. The summed E-state index contributed by atoms with van der Waals surface area (Å²) in [5, 5.41) is 9.43. The van der Waals surface area contributed by atoms with Gasteiger partial charge in [-0.05, 0) is 36.4 Å². The van der Waals surface area contributed by atoms with Gasteiger partial charge < -0.3 is 16.0 Å². The lowest BCUT2D eigenvalue weighted by atomic mass is 10.2. The first-order valence-corrected chi connectivity index (χ1v) is 8.60. The van der Waals surface area contributed by atoms with Crippen LogP contribution in [0.4, 0.5) is 17.1 Å². The molecule has 0 unspecified atom stereocenters. The Morgan fingerprint density at radius 2 is 1.36 bits per heavy atom. The maximum atomic E-state index is 12.0. The zero-order valence-corrected chi connectivity index (χ0v) is 15.6. The second-order valence-electron chi connectivity index (χ2n) is 5.13. The van der Waals surface area contributed by atoms with Crippen molar-refractivity contribution in [3.8, 4) is 0 Å². The second kappa shape index (κ2) is 8.94. The first-order valence-electron chi connectivity index (χ1n) is 7.47. The average molecular weight is 401 g/mol. The van der Waals surface area contributed by atoms with Gasteiger partial charge in [0.05, 0.1) is 27.3 Å². The summed E-state index contributed by atoms with van der Waals surface area (Å²) in [4.78, 5) is 23.3.